The third-order valence-corrected chi connectivity index (χ3v) is 3.13. The Labute approximate surface area is 110 Å². The van der Waals surface area contributed by atoms with Crippen molar-refractivity contribution in [3.05, 3.63) is 53.1 Å². The van der Waals surface area contributed by atoms with Crippen LogP contribution in [0, 0.1) is 0 Å². The molecule has 1 N–H and O–H groups in total. The lowest BCUT2D eigenvalue weighted by Crippen LogP contribution is -2.05. The fourth-order valence-electron chi connectivity index (χ4n) is 1.54. The van der Waals surface area contributed by atoms with Gasteiger partial charge in [-0.2, -0.15) is 13.2 Å². The van der Waals surface area contributed by atoms with Gasteiger partial charge in [0.2, 0.25) is 0 Å². The zero-order chi connectivity index (χ0) is 13.2. The molecule has 1 aromatic carbocycles. The van der Waals surface area contributed by atoms with E-state index in [2.05, 4.69) is 25.9 Å². The second-order valence-corrected chi connectivity index (χ2v) is 4.43. The number of imidazole rings is 1. The molecule has 0 spiro atoms. The molecule has 0 aliphatic carbocycles. The first-order valence-electron chi connectivity index (χ1n) is 5.24. The molecule has 18 heavy (non-hydrogen) atoms. The number of aromatic amines is 1. The Balaban J connectivity index is 2.11. The van der Waals surface area contributed by atoms with Crippen molar-refractivity contribution in [1.82, 2.24) is 9.97 Å². The summed E-state index contributed by atoms with van der Waals surface area (Å²) in [6, 6.07) is 7.62. The minimum absolute atomic E-state index is 0.314. The SMILES string of the molecule is FC(F)(F)c1cnc(Cc2ccc(CBr)cc2)[nH]1. The van der Waals surface area contributed by atoms with Crippen LogP contribution in [-0.2, 0) is 17.9 Å². The summed E-state index contributed by atoms with van der Waals surface area (Å²) in [6.45, 7) is 0. The smallest absolute Gasteiger partial charge is 0.338 e. The molecule has 0 atom stereocenters. The Morgan fingerprint density at radius 1 is 1.11 bits per heavy atom. The van der Waals surface area contributed by atoms with Crippen LogP contribution in [0.1, 0.15) is 22.6 Å². The van der Waals surface area contributed by atoms with Gasteiger partial charge in [-0.15, -0.1) is 0 Å². The lowest BCUT2D eigenvalue weighted by molar-refractivity contribution is -0.140. The van der Waals surface area contributed by atoms with Crippen molar-refractivity contribution in [2.75, 3.05) is 0 Å². The Hall–Kier alpha value is -1.30. The molecule has 1 aromatic heterocycles. The molecule has 2 nitrogen and oxygen atoms in total. The van der Waals surface area contributed by atoms with Crippen LogP contribution in [-0.4, -0.2) is 9.97 Å². The number of nitrogens with one attached hydrogen (secondary N) is 1. The zero-order valence-electron chi connectivity index (χ0n) is 9.26. The molecule has 1 heterocycles. The molecule has 2 rings (SSSR count). The molecule has 0 fully saturated rings. The predicted octanol–water partition coefficient (Wildman–Crippen LogP) is 3.91. The van der Waals surface area contributed by atoms with Crippen molar-refractivity contribution in [3.63, 3.8) is 0 Å². The van der Waals surface area contributed by atoms with Gasteiger partial charge in [0.25, 0.3) is 0 Å². The van der Waals surface area contributed by atoms with Crippen molar-refractivity contribution in [2.24, 2.45) is 0 Å². The van der Waals surface area contributed by atoms with E-state index < -0.39 is 11.9 Å². The number of nitrogens with zero attached hydrogens (tertiary/aromatic N) is 1. The summed E-state index contributed by atoms with van der Waals surface area (Å²) in [7, 11) is 0. The lowest BCUT2D eigenvalue weighted by atomic mass is 10.1. The van der Waals surface area contributed by atoms with E-state index in [0.717, 1.165) is 22.7 Å². The number of hydrogen-bond donors (Lipinski definition) is 1. The van der Waals surface area contributed by atoms with Crippen LogP contribution in [0.25, 0.3) is 0 Å². The normalized spacial score (nSPS) is 11.8. The molecular formula is C12H10BrF3N2. The van der Waals surface area contributed by atoms with Crippen molar-refractivity contribution < 1.29 is 13.2 Å². The van der Waals surface area contributed by atoms with E-state index in [1.807, 2.05) is 24.3 Å². The van der Waals surface area contributed by atoms with Gasteiger partial charge in [-0.25, -0.2) is 4.98 Å². The topological polar surface area (TPSA) is 28.7 Å². The largest absolute Gasteiger partial charge is 0.432 e. The first kappa shape index (κ1) is 13.1. The average molecular weight is 319 g/mol. The summed E-state index contributed by atoms with van der Waals surface area (Å²) in [5.41, 5.74) is 1.23. The average Bonchev–Trinajstić information content (AvgIpc) is 2.78. The number of benzene rings is 1. The Morgan fingerprint density at radius 3 is 2.22 bits per heavy atom. The Morgan fingerprint density at radius 2 is 1.72 bits per heavy atom. The van der Waals surface area contributed by atoms with E-state index >= 15 is 0 Å². The number of hydrogen-bond acceptors (Lipinski definition) is 1. The molecule has 96 valence electrons. The molecular weight excluding hydrogens is 309 g/mol. The summed E-state index contributed by atoms with van der Waals surface area (Å²) in [4.78, 5) is 6.02. The van der Waals surface area contributed by atoms with Gasteiger partial charge >= 0.3 is 6.18 Å². The number of rotatable bonds is 3. The number of halogens is 4. The number of alkyl halides is 4. The van der Waals surface area contributed by atoms with Crippen molar-refractivity contribution in [3.8, 4) is 0 Å². The minimum Gasteiger partial charge on any atom is -0.338 e. The summed E-state index contributed by atoms with van der Waals surface area (Å²) in [5.74, 6) is 0.314. The van der Waals surface area contributed by atoms with Crippen LogP contribution in [0.2, 0.25) is 0 Å². The van der Waals surface area contributed by atoms with Gasteiger partial charge in [0.1, 0.15) is 11.5 Å². The number of H-pyrrole nitrogens is 1. The highest BCUT2D eigenvalue weighted by Crippen LogP contribution is 2.27. The summed E-state index contributed by atoms with van der Waals surface area (Å²) < 4.78 is 37.1. The first-order valence-corrected chi connectivity index (χ1v) is 6.36. The first-order chi connectivity index (χ1) is 8.49. The third kappa shape index (κ3) is 3.13. The fourth-order valence-corrected chi connectivity index (χ4v) is 1.91. The van der Waals surface area contributed by atoms with Crippen molar-refractivity contribution in [1.29, 1.82) is 0 Å². The molecule has 0 saturated carbocycles. The Bertz CT molecular complexity index is 517. The maximum absolute atomic E-state index is 12.4. The fraction of sp³-hybridized carbons (Fsp3) is 0.250. The van der Waals surface area contributed by atoms with E-state index in [1.165, 1.54) is 0 Å². The molecule has 0 radical (unpaired) electrons. The summed E-state index contributed by atoms with van der Waals surface area (Å²) >= 11 is 3.33. The van der Waals surface area contributed by atoms with Crippen molar-refractivity contribution in [2.45, 2.75) is 17.9 Å². The van der Waals surface area contributed by atoms with Crippen LogP contribution < -0.4 is 0 Å². The van der Waals surface area contributed by atoms with Gasteiger partial charge in [-0.3, -0.25) is 0 Å². The quantitative estimate of drug-likeness (QED) is 0.854. The second-order valence-electron chi connectivity index (χ2n) is 3.87. The van der Waals surface area contributed by atoms with Crippen LogP contribution >= 0.6 is 15.9 Å². The molecule has 0 aliphatic rings. The van der Waals surface area contributed by atoms with Gasteiger partial charge in [0.15, 0.2) is 0 Å². The molecule has 0 aliphatic heterocycles. The maximum Gasteiger partial charge on any atom is 0.432 e. The molecule has 0 unspecified atom stereocenters. The Kier molecular flexibility index (Phi) is 3.75. The molecule has 6 heteroatoms. The highest BCUT2D eigenvalue weighted by atomic mass is 79.9. The predicted molar refractivity (Wildman–Crippen MR) is 65.5 cm³/mol. The van der Waals surface area contributed by atoms with Crippen molar-refractivity contribution >= 4 is 15.9 Å². The minimum atomic E-state index is -4.37. The highest BCUT2D eigenvalue weighted by Gasteiger charge is 2.32. The van der Waals surface area contributed by atoms with Crippen LogP contribution in [0.3, 0.4) is 0 Å². The molecule has 0 amide bonds. The standard InChI is InChI=1S/C12H10BrF3N2/c13-6-9-3-1-8(2-4-9)5-11-17-7-10(18-11)12(14,15)16/h1-4,7H,5-6H2,(H,17,18). The third-order valence-electron chi connectivity index (χ3n) is 2.48. The van der Waals surface area contributed by atoms with Gasteiger partial charge in [0.05, 0.1) is 6.20 Å². The monoisotopic (exact) mass is 318 g/mol. The summed E-state index contributed by atoms with van der Waals surface area (Å²) in [6.07, 6.45) is -3.19. The summed E-state index contributed by atoms with van der Waals surface area (Å²) in [5, 5.41) is 0.756. The molecule has 0 saturated heterocycles. The van der Waals surface area contributed by atoms with Gasteiger partial charge in [-0.1, -0.05) is 40.2 Å². The van der Waals surface area contributed by atoms with E-state index in [4.69, 9.17) is 0 Å². The van der Waals surface area contributed by atoms with E-state index in [1.54, 1.807) is 0 Å². The van der Waals surface area contributed by atoms with Crippen LogP contribution in [0.5, 0.6) is 0 Å². The highest BCUT2D eigenvalue weighted by molar-refractivity contribution is 9.08. The van der Waals surface area contributed by atoms with Gasteiger partial charge in [0, 0.05) is 11.8 Å². The van der Waals surface area contributed by atoms with Gasteiger partial charge in [-0.05, 0) is 11.1 Å². The van der Waals surface area contributed by atoms with E-state index in [0.29, 0.717) is 12.2 Å². The van der Waals surface area contributed by atoms with Crippen LogP contribution in [0.15, 0.2) is 30.5 Å². The molecule has 0 bridgehead atoms. The van der Waals surface area contributed by atoms with E-state index in [9.17, 15) is 13.2 Å². The maximum atomic E-state index is 12.4. The zero-order valence-corrected chi connectivity index (χ0v) is 10.8. The second kappa shape index (κ2) is 5.14. The lowest BCUT2D eigenvalue weighted by Gasteiger charge is -2.02. The van der Waals surface area contributed by atoms with Gasteiger partial charge < -0.3 is 4.98 Å². The molecule has 2 aromatic rings. The number of aromatic nitrogens is 2. The van der Waals surface area contributed by atoms with E-state index in [-0.39, 0.29) is 0 Å². The van der Waals surface area contributed by atoms with Crippen LogP contribution in [0.4, 0.5) is 13.2 Å².